The quantitative estimate of drug-likeness (QED) is 0.410. The molecule has 0 aromatic carbocycles. The normalized spacial score (nSPS) is 44.4. The minimum atomic E-state index is -1.11. The van der Waals surface area contributed by atoms with E-state index in [-0.39, 0.29) is 37.0 Å². The van der Waals surface area contributed by atoms with Gasteiger partial charge in [-0.15, -0.1) is 11.6 Å². The number of ether oxygens (including phenoxy) is 1. The monoisotopic (exact) mass is 500 g/mol. The Bertz CT molecular complexity index is 766. The van der Waals surface area contributed by atoms with Gasteiger partial charge in [0, 0.05) is 18.5 Å². The first kappa shape index (κ1) is 24.7. The SMILES string of the molecule is O=C(COC1CCC(Cl)C(F)C1)NC12CCC(NC(=O)C3CN4CCCCC4N3)(CC1)CC2O. The molecule has 6 fully saturated rings. The fraction of sp³-hybridized carbons (Fsp3) is 0.917. The second kappa shape index (κ2) is 9.81. The average Bonchev–Trinajstić information content (AvgIpc) is 3.26. The molecule has 6 aliphatic rings. The summed E-state index contributed by atoms with van der Waals surface area (Å²) in [5.74, 6) is -0.265. The van der Waals surface area contributed by atoms with E-state index in [1.807, 2.05) is 0 Å². The number of aliphatic hydroxyl groups is 1. The highest BCUT2D eigenvalue weighted by atomic mass is 35.5. The molecule has 2 saturated heterocycles. The summed E-state index contributed by atoms with van der Waals surface area (Å²) in [5, 5.41) is 20.3. The van der Waals surface area contributed by atoms with Gasteiger partial charge in [0.05, 0.1) is 29.3 Å². The Hall–Kier alpha value is -1.00. The number of carbonyl (C=O) groups is 2. The van der Waals surface area contributed by atoms with Gasteiger partial charge in [-0.3, -0.25) is 19.8 Å². The number of hydrogen-bond acceptors (Lipinski definition) is 6. The van der Waals surface area contributed by atoms with Crippen molar-refractivity contribution in [1.82, 2.24) is 20.9 Å². The van der Waals surface area contributed by atoms with Crippen molar-refractivity contribution in [2.45, 2.75) is 118 Å². The van der Waals surface area contributed by atoms with Crippen LogP contribution in [0.2, 0.25) is 0 Å². The highest BCUT2D eigenvalue weighted by molar-refractivity contribution is 6.21. The summed E-state index contributed by atoms with van der Waals surface area (Å²) in [6.45, 7) is 1.64. The number of rotatable bonds is 6. The molecule has 6 unspecified atom stereocenters. The number of hydrogen-bond donors (Lipinski definition) is 4. The summed E-state index contributed by atoms with van der Waals surface area (Å²) >= 11 is 5.92. The number of halogens is 2. The van der Waals surface area contributed by atoms with E-state index in [4.69, 9.17) is 16.3 Å². The number of nitrogens with one attached hydrogen (secondary N) is 3. The van der Waals surface area contributed by atoms with E-state index in [9.17, 15) is 19.1 Å². The molecule has 2 aliphatic heterocycles. The molecule has 4 aliphatic carbocycles. The topological polar surface area (TPSA) is 103 Å². The Morgan fingerprint density at radius 1 is 1.15 bits per heavy atom. The predicted molar refractivity (Wildman–Crippen MR) is 125 cm³/mol. The molecule has 10 heteroatoms. The maximum absolute atomic E-state index is 13.8. The summed E-state index contributed by atoms with van der Waals surface area (Å²) in [6, 6.07) is -0.210. The molecular weight excluding hydrogens is 463 g/mol. The Kier molecular flexibility index (Phi) is 7.12. The van der Waals surface area contributed by atoms with Crippen molar-refractivity contribution in [2.75, 3.05) is 19.7 Å². The minimum absolute atomic E-state index is 0.0197. The molecule has 2 bridgehead atoms. The molecule has 34 heavy (non-hydrogen) atoms. The van der Waals surface area contributed by atoms with E-state index < -0.39 is 28.7 Å². The van der Waals surface area contributed by atoms with Crippen molar-refractivity contribution < 1.29 is 23.8 Å². The van der Waals surface area contributed by atoms with Crippen LogP contribution in [0.5, 0.6) is 0 Å². The number of fused-ring (bicyclic) bond motifs is 4. The van der Waals surface area contributed by atoms with E-state index in [0.29, 0.717) is 38.3 Å². The van der Waals surface area contributed by atoms with Crippen LogP contribution in [0.25, 0.3) is 0 Å². The van der Waals surface area contributed by atoms with Crippen LogP contribution in [0.3, 0.4) is 0 Å². The third-order valence-electron chi connectivity index (χ3n) is 8.93. The summed E-state index contributed by atoms with van der Waals surface area (Å²) in [6.07, 6.45) is 6.12. The van der Waals surface area contributed by atoms with E-state index >= 15 is 0 Å². The van der Waals surface area contributed by atoms with Gasteiger partial charge in [-0.25, -0.2) is 4.39 Å². The molecule has 192 valence electrons. The highest BCUT2D eigenvalue weighted by Crippen LogP contribution is 2.47. The molecule has 2 amide bonds. The molecule has 4 N–H and O–H groups in total. The maximum atomic E-state index is 13.8. The smallest absolute Gasteiger partial charge is 0.246 e. The van der Waals surface area contributed by atoms with Gasteiger partial charge in [0.25, 0.3) is 0 Å². The second-order valence-corrected chi connectivity index (χ2v) is 11.8. The van der Waals surface area contributed by atoms with Crippen molar-refractivity contribution in [2.24, 2.45) is 0 Å². The molecule has 2 heterocycles. The van der Waals surface area contributed by atoms with Gasteiger partial charge in [-0.1, -0.05) is 0 Å². The fourth-order valence-electron chi connectivity index (χ4n) is 6.79. The van der Waals surface area contributed by atoms with Gasteiger partial charge in [0.1, 0.15) is 18.8 Å². The lowest BCUT2D eigenvalue weighted by Gasteiger charge is -2.56. The van der Waals surface area contributed by atoms with Crippen LogP contribution in [0, 0.1) is 0 Å². The second-order valence-electron chi connectivity index (χ2n) is 11.2. The number of carbonyl (C=O) groups excluding carboxylic acids is 2. The molecule has 4 saturated carbocycles. The van der Waals surface area contributed by atoms with E-state index in [1.54, 1.807) is 0 Å². The summed E-state index contributed by atoms with van der Waals surface area (Å²) in [5.41, 5.74) is -1.10. The highest BCUT2D eigenvalue weighted by Gasteiger charge is 2.56. The van der Waals surface area contributed by atoms with E-state index in [1.165, 1.54) is 12.8 Å². The summed E-state index contributed by atoms with van der Waals surface area (Å²) < 4.78 is 19.5. The molecule has 0 aromatic heterocycles. The minimum Gasteiger partial charge on any atom is -0.391 e. The molecule has 8 nitrogen and oxygen atoms in total. The number of piperidine rings is 1. The Morgan fingerprint density at radius 2 is 1.94 bits per heavy atom. The van der Waals surface area contributed by atoms with Crippen LogP contribution in [0.1, 0.15) is 70.6 Å². The van der Waals surface area contributed by atoms with Crippen LogP contribution in [-0.2, 0) is 14.3 Å². The lowest BCUT2D eigenvalue weighted by molar-refractivity contribution is -0.140. The average molecular weight is 501 g/mol. The van der Waals surface area contributed by atoms with Crippen LogP contribution in [0.15, 0.2) is 0 Å². The fourth-order valence-corrected chi connectivity index (χ4v) is 7.02. The predicted octanol–water partition coefficient (Wildman–Crippen LogP) is 1.33. The van der Waals surface area contributed by atoms with Crippen molar-refractivity contribution in [3.63, 3.8) is 0 Å². The third kappa shape index (κ3) is 4.96. The van der Waals surface area contributed by atoms with Gasteiger partial charge in [0.15, 0.2) is 0 Å². The Labute approximate surface area is 205 Å². The zero-order chi connectivity index (χ0) is 23.9. The van der Waals surface area contributed by atoms with Gasteiger partial charge < -0.3 is 20.5 Å². The lowest BCUT2D eigenvalue weighted by Crippen LogP contribution is -2.71. The van der Waals surface area contributed by atoms with Crippen LogP contribution < -0.4 is 16.0 Å². The molecular formula is C24H38ClFN4O4. The van der Waals surface area contributed by atoms with E-state index in [2.05, 4.69) is 20.9 Å². The summed E-state index contributed by atoms with van der Waals surface area (Å²) in [7, 11) is 0. The van der Waals surface area contributed by atoms with E-state index in [0.717, 1.165) is 32.4 Å². The zero-order valence-corrected chi connectivity index (χ0v) is 20.5. The maximum Gasteiger partial charge on any atom is 0.246 e. The lowest BCUT2D eigenvalue weighted by atomic mass is 9.59. The molecule has 0 aromatic rings. The van der Waals surface area contributed by atoms with Gasteiger partial charge in [-0.2, -0.15) is 0 Å². The van der Waals surface area contributed by atoms with Gasteiger partial charge >= 0.3 is 0 Å². The molecule has 6 rings (SSSR count). The van der Waals surface area contributed by atoms with Gasteiger partial charge in [0.2, 0.25) is 11.8 Å². The third-order valence-corrected chi connectivity index (χ3v) is 9.43. The van der Waals surface area contributed by atoms with Crippen LogP contribution >= 0.6 is 11.6 Å². The van der Waals surface area contributed by atoms with Crippen molar-refractivity contribution in [1.29, 1.82) is 0 Å². The van der Waals surface area contributed by atoms with Crippen LogP contribution in [0.4, 0.5) is 4.39 Å². The Morgan fingerprint density at radius 3 is 2.65 bits per heavy atom. The largest absolute Gasteiger partial charge is 0.391 e. The van der Waals surface area contributed by atoms with Crippen molar-refractivity contribution >= 4 is 23.4 Å². The number of nitrogens with zero attached hydrogens (tertiary/aromatic N) is 1. The van der Waals surface area contributed by atoms with Gasteiger partial charge in [-0.05, 0) is 70.8 Å². The Balaban J connectivity index is 1.11. The van der Waals surface area contributed by atoms with Crippen LogP contribution in [-0.4, -0.2) is 88.6 Å². The molecule has 0 spiro atoms. The van der Waals surface area contributed by atoms with Crippen molar-refractivity contribution in [3.8, 4) is 0 Å². The number of aliphatic hydroxyl groups excluding tert-OH is 1. The molecule has 6 atom stereocenters. The molecule has 0 radical (unpaired) electrons. The van der Waals surface area contributed by atoms with Crippen molar-refractivity contribution in [3.05, 3.63) is 0 Å². The standard InChI is InChI=1S/C24H38ClFN4O4/c25-16-5-4-15(11-17(16)26)34-14-21(32)28-24-8-6-23(7-9-24,12-19(24)31)29-22(33)18-13-30-10-2-1-3-20(30)27-18/h15-20,27,31H,1-14H2,(H,28,32)(H,29,33). The first-order valence-electron chi connectivity index (χ1n) is 13.0. The summed E-state index contributed by atoms with van der Waals surface area (Å²) in [4.78, 5) is 28.1. The first-order valence-corrected chi connectivity index (χ1v) is 13.4. The zero-order valence-electron chi connectivity index (χ0n) is 19.7. The number of amides is 2. The number of alkyl halides is 2. The first-order chi connectivity index (χ1) is 16.3.